The van der Waals surface area contributed by atoms with Crippen molar-refractivity contribution in [1.29, 1.82) is 0 Å². The zero-order valence-electron chi connectivity index (χ0n) is 14.5. The summed E-state index contributed by atoms with van der Waals surface area (Å²) in [5.41, 5.74) is 3.47. The van der Waals surface area contributed by atoms with Crippen LogP contribution in [0.15, 0.2) is 42.5 Å². The maximum atomic E-state index is 13.0. The highest BCUT2D eigenvalue weighted by Crippen LogP contribution is 2.26. The lowest BCUT2D eigenvalue weighted by atomic mass is 9.93. The van der Waals surface area contributed by atoms with E-state index < -0.39 is 0 Å². The largest absolute Gasteiger partial charge is 0.333 e. The average Bonchev–Trinajstić information content (AvgIpc) is 2.57. The molecule has 2 aromatic rings. The normalized spacial score (nSPS) is 16.8. The molecule has 1 aliphatic rings. The van der Waals surface area contributed by atoms with Gasteiger partial charge in [-0.05, 0) is 49.3 Å². The summed E-state index contributed by atoms with van der Waals surface area (Å²) >= 11 is 12.1. The van der Waals surface area contributed by atoms with Gasteiger partial charge in [0, 0.05) is 19.1 Å². The molecule has 0 aromatic heterocycles. The molecule has 2 aromatic carbocycles. The number of rotatable bonds is 4. The van der Waals surface area contributed by atoms with Gasteiger partial charge in [-0.15, -0.1) is 0 Å². The van der Waals surface area contributed by atoms with Gasteiger partial charge in [-0.1, -0.05) is 53.5 Å². The van der Waals surface area contributed by atoms with Crippen LogP contribution in [0.4, 0.5) is 0 Å². The van der Waals surface area contributed by atoms with E-state index in [9.17, 15) is 4.79 Å². The van der Waals surface area contributed by atoms with Crippen molar-refractivity contribution in [2.24, 2.45) is 0 Å². The van der Waals surface area contributed by atoms with Crippen LogP contribution >= 0.6 is 23.2 Å². The van der Waals surface area contributed by atoms with Gasteiger partial charge < -0.3 is 9.80 Å². The SMILES string of the molecule is CN(C)CC1Cc2ccccc2CN1C(=O)Cc1ccc(Cl)c(Cl)c1. The summed E-state index contributed by atoms with van der Waals surface area (Å²) in [6, 6.07) is 14.0. The highest BCUT2D eigenvalue weighted by atomic mass is 35.5. The van der Waals surface area contributed by atoms with Gasteiger partial charge >= 0.3 is 0 Å². The Morgan fingerprint density at radius 1 is 1.12 bits per heavy atom. The van der Waals surface area contributed by atoms with Crippen molar-refractivity contribution >= 4 is 29.1 Å². The molecule has 0 saturated heterocycles. The van der Waals surface area contributed by atoms with Gasteiger partial charge in [0.25, 0.3) is 0 Å². The van der Waals surface area contributed by atoms with Crippen molar-refractivity contribution in [3.8, 4) is 0 Å². The maximum absolute atomic E-state index is 13.0. The first-order valence-electron chi connectivity index (χ1n) is 8.39. The third-order valence-electron chi connectivity index (χ3n) is 4.59. The summed E-state index contributed by atoms with van der Waals surface area (Å²) in [5, 5.41) is 0.996. The number of halogens is 2. The third-order valence-corrected chi connectivity index (χ3v) is 5.33. The van der Waals surface area contributed by atoms with Crippen molar-refractivity contribution in [3.63, 3.8) is 0 Å². The van der Waals surface area contributed by atoms with E-state index in [1.807, 2.05) is 31.1 Å². The molecule has 0 radical (unpaired) electrons. The summed E-state index contributed by atoms with van der Waals surface area (Å²) in [6.07, 6.45) is 1.23. The maximum Gasteiger partial charge on any atom is 0.227 e. The molecule has 132 valence electrons. The van der Waals surface area contributed by atoms with Crippen molar-refractivity contribution in [2.45, 2.75) is 25.4 Å². The number of carbonyl (C=O) groups excluding carboxylic acids is 1. The van der Waals surface area contributed by atoms with Crippen LogP contribution < -0.4 is 0 Å². The summed E-state index contributed by atoms with van der Waals surface area (Å²) in [6.45, 7) is 1.51. The van der Waals surface area contributed by atoms with Crippen LogP contribution in [-0.2, 0) is 24.2 Å². The first-order chi connectivity index (χ1) is 11.9. The van der Waals surface area contributed by atoms with Crippen LogP contribution in [0.2, 0.25) is 10.0 Å². The van der Waals surface area contributed by atoms with E-state index in [1.54, 1.807) is 12.1 Å². The van der Waals surface area contributed by atoms with Crippen LogP contribution in [0.5, 0.6) is 0 Å². The lowest BCUT2D eigenvalue weighted by Gasteiger charge is -2.38. The predicted octanol–water partition coefficient (Wildman–Crippen LogP) is 4.05. The molecule has 0 aliphatic carbocycles. The van der Waals surface area contributed by atoms with E-state index in [-0.39, 0.29) is 11.9 Å². The first kappa shape index (κ1) is 18.2. The molecule has 1 atom stereocenters. The van der Waals surface area contributed by atoms with Gasteiger partial charge in [-0.2, -0.15) is 0 Å². The molecule has 5 heteroatoms. The lowest BCUT2D eigenvalue weighted by Crippen LogP contribution is -2.49. The predicted molar refractivity (Wildman–Crippen MR) is 103 cm³/mol. The molecule has 0 bridgehead atoms. The zero-order valence-corrected chi connectivity index (χ0v) is 16.0. The van der Waals surface area contributed by atoms with E-state index in [0.29, 0.717) is 23.0 Å². The van der Waals surface area contributed by atoms with Gasteiger partial charge in [0.2, 0.25) is 5.91 Å². The minimum absolute atomic E-state index is 0.125. The second-order valence-corrected chi connectivity index (χ2v) is 7.65. The van der Waals surface area contributed by atoms with Gasteiger partial charge in [-0.3, -0.25) is 4.79 Å². The Kier molecular flexibility index (Phi) is 5.67. The molecule has 0 saturated carbocycles. The van der Waals surface area contributed by atoms with E-state index in [4.69, 9.17) is 23.2 Å². The fraction of sp³-hybridized carbons (Fsp3) is 0.350. The second-order valence-electron chi connectivity index (χ2n) is 6.84. The fourth-order valence-corrected chi connectivity index (χ4v) is 3.71. The minimum Gasteiger partial charge on any atom is -0.333 e. The van der Waals surface area contributed by atoms with Crippen LogP contribution in [-0.4, -0.2) is 42.4 Å². The zero-order chi connectivity index (χ0) is 18.0. The summed E-state index contributed by atoms with van der Waals surface area (Å²) in [5.74, 6) is 0.125. The molecule has 0 spiro atoms. The Labute approximate surface area is 159 Å². The second kappa shape index (κ2) is 7.77. The molecule has 3 nitrogen and oxygen atoms in total. The number of hydrogen-bond acceptors (Lipinski definition) is 2. The van der Waals surface area contributed by atoms with E-state index >= 15 is 0 Å². The molecular weight excluding hydrogens is 355 g/mol. The molecule has 0 N–H and O–H groups in total. The molecular formula is C20H22Cl2N2O. The Morgan fingerprint density at radius 3 is 2.52 bits per heavy atom. The number of fused-ring (bicyclic) bond motifs is 1. The molecule has 3 rings (SSSR count). The molecule has 0 fully saturated rings. The Hall–Kier alpha value is -1.55. The van der Waals surface area contributed by atoms with Crippen LogP contribution in [0.25, 0.3) is 0 Å². The van der Waals surface area contributed by atoms with Gasteiger partial charge in [0.15, 0.2) is 0 Å². The molecule has 1 amide bonds. The van der Waals surface area contributed by atoms with Crippen LogP contribution in [0.3, 0.4) is 0 Å². The highest BCUT2D eigenvalue weighted by molar-refractivity contribution is 6.42. The van der Waals surface area contributed by atoms with E-state index in [0.717, 1.165) is 18.5 Å². The Bertz CT molecular complexity index is 776. The first-order valence-corrected chi connectivity index (χ1v) is 9.14. The number of carbonyl (C=O) groups is 1. The lowest BCUT2D eigenvalue weighted by molar-refractivity contribution is -0.134. The Morgan fingerprint density at radius 2 is 1.84 bits per heavy atom. The van der Waals surface area contributed by atoms with E-state index in [1.165, 1.54) is 11.1 Å². The van der Waals surface area contributed by atoms with E-state index in [2.05, 4.69) is 23.1 Å². The van der Waals surface area contributed by atoms with Crippen molar-refractivity contribution in [1.82, 2.24) is 9.80 Å². The smallest absolute Gasteiger partial charge is 0.227 e. The number of amides is 1. The molecule has 1 heterocycles. The van der Waals surface area contributed by atoms with Gasteiger partial charge in [-0.25, -0.2) is 0 Å². The third kappa shape index (κ3) is 4.35. The fourth-order valence-electron chi connectivity index (χ4n) is 3.39. The van der Waals surface area contributed by atoms with Crippen molar-refractivity contribution in [2.75, 3.05) is 20.6 Å². The van der Waals surface area contributed by atoms with Gasteiger partial charge in [0.05, 0.1) is 16.5 Å². The molecule has 1 aliphatic heterocycles. The molecule has 1 unspecified atom stereocenters. The highest BCUT2D eigenvalue weighted by Gasteiger charge is 2.29. The van der Waals surface area contributed by atoms with Crippen molar-refractivity contribution in [3.05, 3.63) is 69.2 Å². The summed E-state index contributed by atoms with van der Waals surface area (Å²) < 4.78 is 0. The van der Waals surface area contributed by atoms with Gasteiger partial charge in [0.1, 0.15) is 0 Å². The number of benzene rings is 2. The summed E-state index contributed by atoms with van der Waals surface area (Å²) in [4.78, 5) is 17.1. The number of likely N-dealkylation sites (N-methyl/N-ethyl adjacent to an activating group) is 1. The summed E-state index contributed by atoms with van der Waals surface area (Å²) in [7, 11) is 4.09. The number of nitrogens with zero attached hydrogens (tertiary/aromatic N) is 2. The molecule has 25 heavy (non-hydrogen) atoms. The van der Waals surface area contributed by atoms with Crippen molar-refractivity contribution < 1.29 is 4.79 Å². The Balaban J connectivity index is 1.81. The quantitative estimate of drug-likeness (QED) is 0.803. The minimum atomic E-state index is 0.125. The average molecular weight is 377 g/mol. The van der Waals surface area contributed by atoms with Crippen LogP contribution in [0, 0.1) is 0 Å². The topological polar surface area (TPSA) is 23.6 Å². The number of hydrogen-bond donors (Lipinski definition) is 0. The standard InChI is InChI=1S/C20H22Cl2N2O/c1-23(2)13-17-11-15-5-3-4-6-16(15)12-24(17)20(25)10-14-7-8-18(21)19(22)9-14/h3-9,17H,10-13H2,1-2H3. The van der Waals surface area contributed by atoms with Crippen LogP contribution in [0.1, 0.15) is 16.7 Å². The monoisotopic (exact) mass is 376 g/mol.